The van der Waals surface area contributed by atoms with E-state index in [1.165, 1.54) is 0 Å². The van der Waals surface area contributed by atoms with Gasteiger partial charge in [-0.2, -0.15) is 5.26 Å². The maximum atomic E-state index is 9.35. The smallest absolute Gasteiger partial charge is 0.0919 e. The van der Waals surface area contributed by atoms with Gasteiger partial charge in [0.15, 0.2) is 0 Å². The number of hydrogen-bond donors (Lipinski definition) is 1. The number of nitrogens with zero attached hydrogens (tertiary/aromatic N) is 1. The van der Waals surface area contributed by atoms with Crippen molar-refractivity contribution in [2.24, 2.45) is 0 Å². The highest BCUT2D eigenvalue weighted by Crippen LogP contribution is 2.18. The third-order valence-electron chi connectivity index (χ3n) is 1.54. The Hall–Kier alpha value is -1.04. The van der Waals surface area contributed by atoms with Crippen LogP contribution in [0.1, 0.15) is 18.1 Å². The van der Waals surface area contributed by atoms with Crippen molar-refractivity contribution >= 4 is 11.6 Å². The van der Waals surface area contributed by atoms with Crippen LogP contribution in [-0.2, 0) is 0 Å². The molecular formula is C9H8ClNO. The van der Waals surface area contributed by atoms with Gasteiger partial charge >= 0.3 is 0 Å². The predicted molar refractivity (Wildman–Crippen MR) is 46.6 cm³/mol. The molecule has 2 nitrogen and oxygen atoms in total. The van der Waals surface area contributed by atoms with Crippen molar-refractivity contribution in [3.8, 4) is 6.07 Å². The Kier molecular flexibility index (Phi) is 3.09. The van der Waals surface area contributed by atoms with Gasteiger partial charge in [-0.1, -0.05) is 23.7 Å². The Morgan fingerprint density at radius 2 is 2.00 bits per heavy atom. The Morgan fingerprint density at radius 1 is 1.42 bits per heavy atom. The second-order valence-electron chi connectivity index (χ2n) is 2.43. The van der Waals surface area contributed by atoms with E-state index in [1.807, 2.05) is 6.07 Å². The van der Waals surface area contributed by atoms with Crippen LogP contribution in [-0.4, -0.2) is 5.11 Å². The maximum absolute atomic E-state index is 9.35. The summed E-state index contributed by atoms with van der Waals surface area (Å²) in [7, 11) is 0. The van der Waals surface area contributed by atoms with Gasteiger partial charge in [0.2, 0.25) is 0 Å². The molecular weight excluding hydrogens is 174 g/mol. The first-order chi connectivity index (χ1) is 5.74. The summed E-state index contributed by atoms with van der Waals surface area (Å²) >= 11 is 5.65. The predicted octanol–water partition coefficient (Wildman–Crippen LogP) is 2.29. The van der Waals surface area contributed by atoms with Crippen LogP contribution < -0.4 is 0 Å². The van der Waals surface area contributed by atoms with Crippen LogP contribution in [0.2, 0.25) is 5.02 Å². The fourth-order valence-corrected chi connectivity index (χ4v) is 1.02. The van der Waals surface area contributed by atoms with Gasteiger partial charge in [-0.15, -0.1) is 0 Å². The van der Waals surface area contributed by atoms with Crippen molar-refractivity contribution in [3.63, 3.8) is 0 Å². The SMILES string of the molecule is N#CC[C@H](O)c1ccc(Cl)cc1. The lowest BCUT2D eigenvalue weighted by Gasteiger charge is -2.05. The standard InChI is InChI=1S/C9H8ClNO/c10-8-3-1-7(2-4-8)9(12)5-6-11/h1-4,9,12H,5H2/t9-/m0/s1. The van der Waals surface area contributed by atoms with Crippen LogP contribution >= 0.6 is 11.6 Å². The normalized spacial score (nSPS) is 12.1. The van der Waals surface area contributed by atoms with Crippen molar-refractivity contribution in [1.82, 2.24) is 0 Å². The van der Waals surface area contributed by atoms with Crippen LogP contribution in [0.5, 0.6) is 0 Å². The topological polar surface area (TPSA) is 44.0 Å². The molecule has 1 rings (SSSR count). The molecule has 0 saturated heterocycles. The number of aliphatic hydroxyl groups is 1. The lowest BCUT2D eigenvalue weighted by Crippen LogP contribution is -1.94. The summed E-state index contributed by atoms with van der Waals surface area (Å²) in [5.74, 6) is 0. The fraction of sp³-hybridized carbons (Fsp3) is 0.222. The quantitative estimate of drug-likeness (QED) is 0.761. The highest BCUT2D eigenvalue weighted by molar-refractivity contribution is 6.30. The van der Waals surface area contributed by atoms with Gasteiger partial charge in [0.1, 0.15) is 0 Å². The highest BCUT2D eigenvalue weighted by atomic mass is 35.5. The lowest BCUT2D eigenvalue weighted by atomic mass is 10.1. The van der Waals surface area contributed by atoms with Gasteiger partial charge < -0.3 is 5.11 Å². The highest BCUT2D eigenvalue weighted by Gasteiger charge is 2.05. The van der Waals surface area contributed by atoms with Crippen LogP contribution in [0.4, 0.5) is 0 Å². The number of hydrogen-bond acceptors (Lipinski definition) is 2. The van der Waals surface area contributed by atoms with Crippen molar-refractivity contribution in [1.29, 1.82) is 5.26 Å². The van der Waals surface area contributed by atoms with Gasteiger partial charge in [0.05, 0.1) is 18.6 Å². The van der Waals surface area contributed by atoms with Crippen molar-refractivity contribution in [3.05, 3.63) is 34.9 Å². The van der Waals surface area contributed by atoms with E-state index in [0.29, 0.717) is 5.02 Å². The first kappa shape index (κ1) is 9.05. The van der Waals surface area contributed by atoms with Crippen molar-refractivity contribution in [2.75, 3.05) is 0 Å². The molecule has 1 aromatic rings. The zero-order valence-electron chi connectivity index (χ0n) is 6.37. The minimum atomic E-state index is -0.702. The van der Waals surface area contributed by atoms with E-state index in [2.05, 4.69) is 0 Å². The first-order valence-corrected chi connectivity index (χ1v) is 3.92. The number of benzene rings is 1. The molecule has 0 fully saturated rings. The summed E-state index contributed by atoms with van der Waals surface area (Å²) in [6, 6.07) is 8.71. The largest absolute Gasteiger partial charge is 0.387 e. The average molecular weight is 182 g/mol. The monoisotopic (exact) mass is 181 g/mol. The van der Waals surface area contributed by atoms with Gasteiger partial charge in [-0.3, -0.25) is 0 Å². The molecule has 0 radical (unpaired) electrons. The molecule has 0 heterocycles. The van der Waals surface area contributed by atoms with Crippen LogP contribution in [0.15, 0.2) is 24.3 Å². The minimum absolute atomic E-state index is 0.113. The molecule has 3 heteroatoms. The van der Waals surface area contributed by atoms with Gasteiger partial charge in [0, 0.05) is 5.02 Å². The van der Waals surface area contributed by atoms with Crippen molar-refractivity contribution in [2.45, 2.75) is 12.5 Å². The van der Waals surface area contributed by atoms with Crippen LogP contribution in [0, 0.1) is 11.3 Å². The Labute approximate surface area is 76.0 Å². The first-order valence-electron chi connectivity index (χ1n) is 3.54. The van der Waals surface area contributed by atoms with E-state index in [9.17, 15) is 5.11 Å². The minimum Gasteiger partial charge on any atom is -0.387 e. The second-order valence-corrected chi connectivity index (χ2v) is 2.87. The molecule has 0 aliphatic rings. The van der Waals surface area contributed by atoms with E-state index in [4.69, 9.17) is 16.9 Å². The van der Waals surface area contributed by atoms with Crippen molar-refractivity contribution < 1.29 is 5.11 Å². The molecule has 0 aromatic heterocycles. The third kappa shape index (κ3) is 2.23. The summed E-state index contributed by atoms with van der Waals surface area (Å²) in [6.45, 7) is 0. The molecule has 12 heavy (non-hydrogen) atoms. The van der Waals surface area contributed by atoms with E-state index in [0.717, 1.165) is 5.56 Å². The lowest BCUT2D eigenvalue weighted by molar-refractivity contribution is 0.183. The van der Waals surface area contributed by atoms with Crippen LogP contribution in [0.25, 0.3) is 0 Å². The molecule has 0 spiro atoms. The zero-order chi connectivity index (χ0) is 8.97. The molecule has 0 saturated carbocycles. The van der Waals surface area contributed by atoms with Gasteiger partial charge in [0.25, 0.3) is 0 Å². The van der Waals surface area contributed by atoms with Crippen LogP contribution in [0.3, 0.4) is 0 Å². The molecule has 0 aliphatic carbocycles. The third-order valence-corrected chi connectivity index (χ3v) is 1.79. The maximum Gasteiger partial charge on any atom is 0.0919 e. The zero-order valence-corrected chi connectivity index (χ0v) is 7.12. The molecule has 0 unspecified atom stereocenters. The Morgan fingerprint density at radius 3 is 2.50 bits per heavy atom. The number of halogens is 1. The molecule has 1 N–H and O–H groups in total. The van der Waals surface area contributed by atoms with E-state index in [1.54, 1.807) is 24.3 Å². The second kappa shape index (κ2) is 4.10. The van der Waals surface area contributed by atoms with E-state index >= 15 is 0 Å². The summed E-state index contributed by atoms with van der Waals surface area (Å²) < 4.78 is 0. The molecule has 0 aliphatic heterocycles. The number of rotatable bonds is 2. The Bertz CT molecular complexity index is 288. The number of aliphatic hydroxyl groups excluding tert-OH is 1. The van der Waals surface area contributed by atoms with Gasteiger partial charge in [-0.05, 0) is 17.7 Å². The Balaban J connectivity index is 2.76. The molecule has 0 amide bonds. The summed E-state index contributed by atoms with van der Waals surface area (Å²) in [4.78, 5) is 0. The molecule has 1 aromatic carbocycles. The summed E-state index contributed by atoms with van der Waals surface area (Å²) in [5, 5.41) is 18.3. The number of nitriles is 1. The van der Waals surface area contributed by atoms with Gasteiger partial charge in [-0.25, -0.2) is 0 Å². The van der Waals surface area contributed by atoms with E-state index < -0.39 is 6.10 Å². The molecule has 62 valence electrons. The van der Waals surface area contributed by atoms with E-state index in [-0.39, 0.29) is 6.42 Å². The summed E-state index contributed by atoms with van der Waals surface area (Å²) in [6.07, 6.45) is -0.589. The fourth-order valence-electron chi connectivity index (χ4n) is 0.889. The molecule has 1 atom stereocenters. The average Bonchev–Trinajstić information content (AvgIpc) is 2.06. The summed E-state index contributed by atoms with van der Waals surface area (Å²) in [5.41, 5.74) is 0.723. The molecule has 0 bridgehead atoms.